The monoisotopic (exact) mass is 302 g/mol. The van der Waals surface area contributed by atoms with E-state index in [1.54, 1.807) is 16.4 Å². The number of hydrogen-bond donors (Lipinski definition) is 1. The SMILES string of the molecule is Nc1cccc(-c2ccc(S(=O)(=O)N3CCCC3)cc2)c1. The quantitative estimate of drug-likeness (QED) is 0.887. The summed E-state index contributed by atoms with van der Waals surface area (Å²) in [5.41, 5.74) is 8.42. The largest absolute Gasteiger partial charge is 0.399 e. The minimum Gasteiger partial charge on any atom is -0.399 e. The van der Waals surface area contributed by atoms with Gasteiger partial charge in [0.1, 0.15) is 0 Å². The molecule has 0 spiro atoms. The number of rotatable bonds is 3. The van der Waals surface area contributed by atoms with Crippen molar-refractivity contribution in [3.05, 3.63) is 48.5 Å². The van der Waals surface area contributed by atoms with Crippen molar-refractivity contribution in [1.29, 1.82) is 0 Å². The van der Waals surface area contributed by atoms with Gasteiger partial charge in [0.15, 0.2) is 0 Å². The van der Waals surface area contributed by atoms with E-state index in [4.69, 9.17) is 5.73 Å². The van der Waals surface area contributed by atoms with E-state index in [0.29, 0.717) is 23.7 Å². The number of hydrogen-bond acceptors (Lipinski definition) is 3. The summed E-state index contributed by atoms with van der Waals surface area (Å²) < 4.78 is 26.4. The molecule has 1 fully saturated rings. The van der Waals surface area contributed by atoms with Crippen molar-refractivity contribution in [3.63, 3.8) is 0 Å². The molecule has 1 heterocycles. The van der Waals surface area contributed by atoms with Gasteiger partial charge in [0.25, 0.3) is 0 Å². The molecule has 2 N–H and O–H groups in total. The molecule has 110 valence electrons. The van der Waals surface area contributed by atoms with Crippen LogP contribution in [0.25, 0.3) is 11.1 Å². The van der Waals surface area contributed by atoms with Crippen molar-refractivity contribution < 1.29 is 8.42 Å². The first-order valence-corrected chi connectivity index (χ1v) is 8.47. The Morgan fingerprint density at radius 3 is 2.19 bits per heavy atom. The molecule has 3 rings (SSSR count). The third kappa shape index (κ3) is 2.80. The highest BCUT2D eigenvalue weighted by Crippen LogP contribution is 2.25. The van der Waals surface area contributed by atoms with Gasteiger partial charge in [-0.1, -0.05) is 24.3 Å². The molecule has 1 aliphatic rings. The predicted octanol–water partition coefficient (Wildman–Crippen LogP) is 2.72. The summed E-state index contributed by atoms with van der Waals surface area (Å²) in [6.07, 6.45) is 1.89. The van der Waals surface area contributed by atoms with Crippen molar-refractivity contribution in [3.8, 4) is 11.1 Å². The molecule has 2 aromatic rings. The van der Waals surface area contributed by atoms with Gasteiger partial charge in [-0.15, -0.1) is 0 Å². The van der Waals surface area contributed by atoms with Crippen molar-refractivity contribution in [2.45, 2.75) is 17.7 Å². The first-order valence-electron chi connectivity index (χ1n) is 7.03. The minimum atomic E-state index is -3.34. The smallest absolute Gasteiger partial charge is 0.243 e. The summed E-state index contributed by atoms with van der Waals surface area (Å²) in [6.45, 7) is 1.25. The molecule has 0 aliphatic carbocycles. The van der Waals surface area contributed by atoms with Gasteiger partial charge >= 0.3 is 0 Å². The standard InChI is InChI=1S/C16H18N2O2S/c17-15-5-3-4-14(12-15)13-6-8-16(9-7-13)21(19,20)18-10-1-2-11-18/h3-9,12H,1-2,10-11,17H2. The number of nitrogen functional groups attached to an aromatic ring is 1. The number of nitrogens with two attached hydrogens (primary N) is 1. The topological polar surface area (TPSA) is 63.4 Å². The molecule has 1 aliphatic heterocycles. The van der Waals surface area contributed by atoms with E-state index < -0.39 is 10.0 Å². The zero-order valence-corrected chi connectivity index (χ0v) is 12.5. The second kappa shape index (κ2) is 5.50. The van der Waals surface area contributed by atoms with Crippen molar-refractivity contribution in [2.75, 3.05) is 18.8 Å². The highest BCUT2D eigenvalue weighted by molar-refractivity contribution is 7.89. The van der Waals surface area contributed by atoms with Crippen LogP contribution in [0.1, 0.15) is 12.8 Å². The van der Waals surface area contributed by atoms with E-state index in [1.807, 2.05) is 36.4 Å². The maximum atomic E-state index is 12.4. The lowest BCUT2D eigenvalue weighted by Crippen LogP contribution is -2.27. The lowest BCUT2D eigenvalue weighted by Gasteiger charge is -2.15. The van der Waals surface area contributed by atoms with E-state index in [0.717, 1.165) is 24.0 Å². The summed E-state index contributed by atoms with van der Waals surface area (Å²) in [7, 11) is -3.34. The van der Waals surface area contributed by atoms with E-state index in [9.17, 15) is 8.42 Å². The van der Waals surface area contributed by atoms with Crippen LogP contribution in [0.3, 0.4) is 0 Å². The fourth-order valence-corrected chi connectivity index (χ4v) is 4.13. The Morgan fingerprint density at radius 2 is 1.57 bits per heavy atom. The normalized spacial score (nSPS) is 16.2. The maximum absolute atomic E-state index is 12.4. The van der Waals surface area contributed by atoms with Gasteiger partial charge in [-0.2, -0.15) is 4.31 Å². The Balaban J connectivity index is 1.90. The Kier molecular flexibility index (Phi) is 3.69. The van der Waals surface area contributed by atoms with Gasteiger partial charge in [-0.3, -0.25) is 0 Å². The van der Waals surface area contributed by atoms with Crippen LogP contribution in [-0.2, 0) is 10.0 Å². The van der Waals surface area contributed by atoms with E-state index in [-0.39, 0.29) is 0 Å². The Morgan fingerprint density at radius 1 is 0.905 bits per heavy atom. The van der Waals surface area contributed by atoms with Crippen LogP contribution in [0.15, 0.2) is 53.4 Å². The summed E-state index contributed by atoms with van der Waals surface area (Å²) >= 11 is 0. The van der Waals surface area contributed by atoms with Gasteiger partial charge in [-0.25, -0.2) is 8.42 Å². The van der Waals surface area contributed by atoms with Gasteiger partial charge < -0.3 is 5.73 Å². The minimum absolute atomic E-state index is 0.358. The van der Waals surface area contributed by atoms with Crippen LogP contribution in [0.5, 0.6) is 0 Å². The molecule has 2 aromatic carbocycles. The average Bonchev–Trinajstić information content (AvgIpc) is 3.02. The number of sulfonamides is 1. The zero-order valence-electron chi connectivity index (χ0n) is 11.7. The summed E-state index contributed by atoms with van der Waals surface area (Å²) in [5, 5.41) is 0. The van der Waals surface area contributed by atoms with Crippen molar-refractivity contribution in [2.24, 2.45) is 0 Å². The molecular formula is C16H18N2O2S. The van der Waals surface area contributed by atoms with E-state index >= 15 is 0 Å². The predicted molar refractivity (Wildman–Crippen MR) is 84.3 cm³/mol. The highest BCUT2D eigenvalue weighted by atomic mass is 32.2. The van der Waals surface area contributed by atoms with Gasteiger partial charge in [0, 0.05) is 18.8 Å². The number of anilines is 1. The fraction of sp³-hybridized carbons (Fsp3) is 0.250. The fourth-order valence-electron chi connectivity index (χ4n) is 2.62. The molecule has 0 saturated carbocycles. The zero-order chi connectivity index (χ0) is 14.9. The molecule has 0 unspecified atom stereocenters. The van der Waals surface area contributed by atoms with Crippen LogP contribution in [0.4, 0.5) is 5.69 Å². The second-order valence-electron chi connectivity index (χ2n) is 5.26. The lowest BCUT2D eigenvalue weighted by atomic mass is 10.1. The average molecular weight is 302 g/mol. The Bertz CT molecular complexity index is 733. The molecule has 5 heteroatoms. The lowest BCUT2D eigenvalue weighted by molar-refractivity contribution is 0.477. The first-order chi connectivity index (χ1) is 10.1. The van der Waals surface area contributed by atoms with E-state index in [2.05, 4.69) is 0 Å². The summed E-state index contributed by atoms with van der Waals surface area (Å²) in [6, 6.07) is 14.6. The molecule has 0 aromatic heterocycles. The van der Waals surface area contributed by atoms with Crippen LogP contribution in [0.2, 0.25) is 0 Å². The van der Waals surface area contributed by atoms with Gasteiger partial charge in [0.05, 0.1) is 4.90 Å². The first kappa shape index (κ1) is 14.1. The van der Waals surface area contributed by atoms with Gasteiger partial charge in [-0.05, 0) is 48.2 Å². The third-order valence-electron chi connectivity index (χ3n) is 3.78. The van der Waals surface area contributed by atoms with Crippen LogP contribution in [-0.4, -0.2) is 25.8 Å². The Hall–Kier alpha value is -1.85. The van der Waals surface area contributed by atoms with E-state index in [1.165, 1.54) is 0 Å². The van der Waals surface area contributed by atoms with Gasteiger partial charge in [0.2, 0.25) is 10.0 Å². The van der Waals surface area contributed by atoms with Crippen molar-refractivity contribution >= 4 is 15.7 Å². The highest BCUT2D eigenvalue weighted by Gasteiger charge is 2.26. The molecule has 0 radical (unpaired) electrons. The van der Waals surface area contributed by atoms with Crippen LogP contribution in [0, 0.1) is 0 Å². The third-order valence-corrected chi connectivity index (χ3v) is 5.69. The van der Waals surface area contributed by atoms with Crippen LogP contribution < -0.4 is 5.73 Å². The molecule has 21 heavy (non-hydrogen) atoms. The second-order valence-corrected chi connectivity index (χ2v) is 7.20. The maximum Gasteiger partial charge on any atom is 0.243 e. The molecular weight excluding hydrogens is 284 g/mol. The van der Waals surface area contributed by atoms with Crippen molar-refractivity contribution in [1.82, 2.24) is 4.31 Å². The summed E-state index contributed by atoms with van der Waals surface area (Å²) in [5.74, 6) is 0. The molecule has 0 bridgehead atoms. The molecule has 4 nitrogen and oxygen atoms in total. The molecule has 1 saturated heterocycles. The van der Waals surface area contributed by atoms with Crippen LogP contribution >= 0.6 is 0 Å². The molecule has 0 amide bonds. The number of benzene rings is 2. The molecule has 0 atom stereocenters. The Labute approximate surface area is 125 Å². The summed E-state index contributed by atoms with van der Waals surface area (Å²) in [4.78, 5) is 0.358. The number of nitrogens with zero attached hydrogens (tertiary/aromatic N) is 1.